The number of aliphatic hydroxyl groups excluding tert-OH is 2. The van der Waals surface area contributed by atoms with E-state index in [0.29, 0.717) is 5.69 Å². The minimum Gasteiger partial charge on any atom is -0.418 e. The van der Waals surface area contributed by atoms with Crippen LogP contribution in [0.25, 0.3) is 0 Å². The third kappa shape index (κ3) is 5.36. The van der Waals surface area contributed by atoms with Crippen molar-refractivity contribution in [2.45, 2.75) is 6.04 Å². The molecular weight excluding hydrogens is 313 g/mol. The van der Waals surface area contributed by atoms with E-state index < -0.39 is 11.9 Å². The average Bonchev–Trinajstić information content (AvgIpc) is 2.99. The largest absolute Gasteiger partial charge is 1.00 e. The van der Waals surface area contributed by atoms with Crippen molar-refractivity contribution >= 4 is 17.9 Å². The van der Waals surface area contributed by atoms with Gasteiger partial charge in [-0.05, 0) is 12.4 Å². The summed E-state index contributed by atoms with van der Waals surface area (Å²) in [5.41, 5.74) is 0.611. The summed E-state index contributed by atoms with van der Waals surface area (Å²) in [6.07, 6.45) is 6.88. The van der Waals surface area contributed by atoms with Gasteiger partial charge >= 0.3 is 51.4 Å². The van der Waals surface area contributed by atoms with Crippen molar-refractivity contribution in [1.29, 1.82) is 0 Å². The van der Waals surface area contributed by atoms with Crippen LogP contribution in [-0.2, 0) is 0 Å². The third-order valence-corrected chi connectivity index (χ3v) is 2.59. The Morgan fingerprint density at radius 1 is 1.45 bits per heavy atom. The van der Waals surface area contributed by atoms with Crippen molar-refractivity contribution in [2.75, 3.05) is 13.2 Å². The first-order chi connectivity index (χ1) is 10.2. The van der Waals surface area contributed by atoms with E-state index in [1.165, 1.54) is 23.1 Å². The van der Waals surface area contributed by atoms with Crippen LogP contribution in [0, 0.1) is 6.07 Å². The minimum atomic E-state index is -0.574. The Kier molecular flexibility index (Phi) is 8.64. The van der Waals surface area contributed by atoms with Gasteiger partial charge in [0, 0.05) is 6.20 Å². The third-order valence-electron chi connectivity index (χ3n) is 2.59. The minimum absolute atomic E-state index is 0. The number of carbonyl (C=O) groups excluding carboxylic acids is 1. The molecule has 2 heterocycles. The van der Waals surface area contributed by atoms with Crippen LogP contribution in [0.4, 0.5) is 5.69 Å². The molecule has 2 rings (SSSR count). The Hall–Kier alpha value is -0.944. The van der Waals surface area contributed by atoms with Gasteiger partial charge in [-0.2, -0.15) is 5.10 Å². The van der Waals surface area contributed by atoms with Crippen molar-refractivity contribution in [3.63, 3.8) is 0 Å². The monoisotopic (exact) mass is 326 g/mol. The van der Waals surface area contributed by atoms with E-state index in [9.17, 15) is 4.79 Å². The number of amides is 1. The van der Waals surface area contributed by atoms with Crippen molar-refractivity contribution in [3.05, 3.63) is 42.5 Å². The number of aromatic nitrogens is 3. The molecule has 0 saturated heterocycles. The molecule has 110 valence electrons. The first kappa shape index (κ1) is 19.1. The van der Waals surface area contributed by atoms with Crippen LogP contribution >= 0.6 is 0 Å². The zero-order chi connectivity index (χ0) is 15.1. The van der Waals surface area contributed by atoms with Gasteiger partial charge in [0.1, 0.15) is 0 Å². The van der Waals surface area contributed by atoms with E-state index in [2.05, 4.69) is 32.8 Å². The van der Waals surface area contributed by atoms with Crippen molar-refractivity contribution in [2.24, 2.45) is 4.99 Å². The summed E-state index contributed by atoms with van der Waals surface area (Å²) >= 11 is 0. The molecule has 3 N–H and O–H groups in total. The van der Waals surface area contributed by atoms with Crippen LogP contribution in [0.5, 0.6) is 0 Å². The standard InChI is InChI=1S/C13H13N5O3.K/c19-7-11(8-20)18-6-3-12(17-18)13(21)16-9-15-10-1-4-14-5-2-10;/h1,3-6,11,19-20H,7-8H2,(H,14,15,16,21);/q-2;+1. The molecule has 1 amide bonds. The van der Waals surface area contributed by atoms with E-state index >= 15 is 0 Å². The van der Waals surface area contributed by atoms with Crippen LogP contribution in [0.2, 0.25) is 0 Å². The van der Waals surface area contributed by atoms with Crippen LogP contribution in [-0.4, -0.2) is 50.4 Å². The number of aliphatic imine (C=N–C) groups is 1. The van der Waals surface area contributed by atoms with Gasteiger partial charge in [-0.25, -0.2) is 11.8 Å². The summed E-state index contributed by atoms with van der Waals surface area (Å²) in [4.78, 5) is 19.4. The molecule has 0 aliphatic rings. The number of aliphatic hydroxyl groups is 2. The molecular formula is C13H13KN5O3-. The smallest absolute Gasteiger partial charge is 0.418 e. The molecule has 0 saturated carbocycles. The molecule has 22 heavy (non-hydrogen) atoms. The quantitative estimate of drug-likeness (QED) is 0.168. The number of pyridine rings is 1. The van der Waals surface area contributed by atoms with Crippen LogP contribution in [0.15, 0.2) is 35.7 Å². The van der Waals surface area contributed by atoms with Crippen molar-refractivity contribution in [1.82, 2.24) is 20.1 Å². The molecule has 0 fully saturated rings. The van der Waals surface area contributed by atoms with Crippen molar-refractivity contribution in [3.8, 4) is 0 Å². The molecule has 0 unspecified atom stereocenters. The van der Waals surface area contributed by atoms with Gasteiger partial charge in [0.05, 0.1) is 24.9 Å². The second kappa shape index (κ2) is 9.95. The molecule has 8 nitrogen and oxygen atoms in total. The number of nitrogens with one attached hydrogen (secondary N) is 1. The number of rotatable bonds is 6. The van der Waals surface area contributed by atoms with Crippen LogP contribution in [0.1, 0.15) is 16.5 Å². The summed E-state index contributed by atoms with van der Waals surface area (Å²) in [6.45, 7) is -0.546. The Bertz CT molecular complexity index is 613. The molecule has 0 aliphatic heterocycles. The zero-order valence-electron chi connectivity index (χ0n) is 12.0. The van der Waals surface area contributed by atoms with E-state index in [1.807, 2.05) is 0 Å². The van der Waals surface area contributed by atoms with Crippen molar-refractivity contribution < 1.29 is 66.4 Å². The van der Waals surface area contributed by atoms with Crippen LogP contribution in [0.3, 0.4) is 0 Å². The second-order valence-electron chi connectivity index (χ2n) is 4.00. The molecule has 0 bridgehead atoms. The van der Waals surface area contributed by atoms with E-state index in [1.54, 1.807) is 12.3 Å². The maximum atomic E-state index is 11.8. The van der Waals surface area contributed by atoms with E-state index in [4.69, 9.17) is 10.2 Å². The molecule has 2 aromatic heterocycles. The van der Waals surface area contributed by atoms with Gasteiger partial charge in [0.25, 0.3) is 0 Å². The van der Waals surface area contributed by atoms with E-state index in [0.717, 1.165) is 0 Å². The van der Waals surface area contributed by atoms with Gasteiger partial charge in [0.15, 0.2) is 5.91 Å². The number of hydrogen-bond acceptors (Lipinski definition) is 6. The fraction of sp³-hybridized carbons (Fsp3) is 0.231. The average molecular weight is 326 g/mol. The summed E-state index contributed by atoms with van der Waals surface area (Å²) in [7, 11) is 0. The summed E-state index contributed by atoms with van der Waals surface area (Å²) < 4.78 is 1.32. The van der Waals surface area contributed by atoms with Gasteiger partial charge in [-0.1, -0.05) is 12.4 Å². The Morgan fingerprint density at radius 3 is 2.86 bits per heavy atom. The normalized spacial score (nSPS) is 10.7. The molecule has 0 radical (unpaired) electrons. The maximum Gasteiger partial charge on any atom is 1.00 e. The summed E-state index contributed by atoms with van der Waals surface area (Å²) in [6, 6.07) is 5.25. The molecule has 0 spiro atoms. The fourth-order valence-corrected chi connectivity index (χ4v) is 1.47. The first-order valence-electron chi connectivity index (χ1n) is 6.09. The fourth-order valence-electron chi connectivity index (χ4n) is 1.47. The van der Waals surface area contributed by atoms with E-state index in [-0.39, 0.29) is 70.3 Å². The number of nitrogens with zero attached hydrogens (tertiary/aromatic N) is 4. The maximum absolute atomic E-state index is 11.8. The molecule has 9 heteroatoms. The number of carbonyl (C=O) groups is 1. The first-order valence-corrected chi connectivity index (χ1v) is 6.09. The molecule has 0 atom stereocenters. The molecule has 0 aliphatic carbocycles. The molecule has 0 aromatic carbocycles. The predicted molar refractivity (Wildman–Crippen MR) is 73.1 cm³/mol. The zero-order valence-corrected chi connectivity index (χ0v) is 15.1. The second-order valence-corrected chi connectivity index (χ2v) is 4.00. The molecule has 2 aromatic rings. The predicted octanol–water partition coefficient (Wildman–Crippen LogP) is -3.43. The Labute approximate surface area is 169 Å². The van der Waals surface area contributed by atoms with Gasteiger partial charge in [-0.3, -0.25) is 10.7 Å². The summed E-state index contributed by atoms with van der Waals surface area (Å²) in [5, 5.41) is 24.4. The van der Waals surface area contributed by atoms with Crippen LogP contribution < -0.4 is 56.7 Å². The van der Waals surface area contributed by atoms with Gasteiger partial charge in [0.2, 0.25) is 0 Å². The van der Waals surface area contributed by atoms with Gasteiger partial charge in [-0.15, -0.1) is 0 Å². The topological polar surface area (TPSA) is 113 Å². The Balaban J connectivity index is 0.00000242. The number of hydrogen-bond donors (Lipinski definition) is 3. The Morgan fingerprint density at radius 2 is 2.23 bits per heavy atom. The van der Waals surface area contributed by atoms with Gasteiger partial charge < -0.3 is 30.3 Å². The summed E-state index contributed by atoms with van der Waals surface area (Å²) in [5.74, 6) is -0.499. The SMILES string of the molecule is O=C(N[C-]=Nc1[c-]cncc1)c1ccn(C(CO)CO)n1.[K+].